The molecule has 1 aromatic carbocycles. The van der Waals surface area contributed by atoms with E-state index in [-0.39, 0.29) is 17.6 Å². The average Bonchev–Trinajstić information content (AvgIpc) is 3.46. The minimum Gasteiger partial charge on any atom is -0.442 e. The molecule has 3 aliphatic rings. The van der Waals surface area contributed by atoms with E-state index in [9.17, 15) is 14.0 Å². The second-order valence-corrected chi connectivity index (χ2v) is 8.45. The lowest BCUT2D eigenvalue weighted by molar-refractivity contribution is -0.122. The number of hydrogen-bond donors (Lipinski definition) is 1. The molecule has 2 aliphatic heterocycles. The van der Waals surface area contributed by atoms with Gasteiger partial charge < -0.3 is 15.0 Å². The first kappa shape index (κ1) is 18.4. The van der Waals surface area contributed by atoms with E-state index in [4.69, 9.17) is 4.74 Å². The van der Waals surface area contributed by atoms with Gasteiger partial charge in [-0.1, -0.05) is 0 Å². The van der Waals surface area contributed by atoms with E-state index in [0.717, 1.165) is 43.9 Å². The standard InChI is InChI=1S/C19H24FN3O3S/c20-16-10-14(4-5-17(16)22-6-1-8-27-9-7-22)23-12-15(26-19(23)25)11-21-18(24)13-2-3-13/h4-5,10,13,15H,1-3,6-9,11-12H2,(H,21,24)/t15-/m0/s1. The highest BCUT2D eigenvalue weighted by Crippen LogP contribution is 2.30. The third-order valence-electron chi connectivity index (χ3n) is 5.13. The zero-order valence-electron chi connectivity index (χ0n) is 15.2. The number of hydrogen-bond acceptors (Lipinski definition) is 5. The smallest absolute Gasteiger partial charge is 0.414 e. The molecule has 1 aromatic rings. The van der Waals surface area contributed by atoms with Crippen LogP contribution in [-0.4, -0.2) is 55.8 Å². The SMILES string of the molecule is O=C(NC[C@H]1CN(c2ccc(N3CCCSCC3)c(F)c2)C(=O)O1)C1CC1. The van der Waals surface area contributed by atoms with Gasteiger partial charge in [0, 0.05) is 24.8 Å². The van der Waals surface area contributed by atoms with Crippen molar-refractivity contribution in [3.63, 3.8) is 0 Å². The number of thioether (sulfide) groups is 1. The summed E-state index contributed by atoms with van der Waals surface area (Å²) < 4.78 is 20.0. The number of anilines is 2. The summed E-state index contributed by atoms with van der Waals surface area (Å²) in [6.45, 7) is 2.28. The van der Waals surface area contributed by atoms with Crippen LogP contribution in [0.15, 0.2) is 18.2 Å². The summed E-state index contributed by atoms with van der Waals surface area (Å²) >= 11 is 1.89. The first-order valence-electron chi connectivity index (χ1n) is 9.50. The number of carbonyl (C=O) groups excluding carboxylic acids is 2. The first-order valence-corrected chi connectivity index (χ1v) is 10.7. The van der Waals surface area contributed by atoms with Crippen LogP contribution in [0.1, 0.15) is 19.3 Å². The number of rotatable bonds is 5. The summed E-state index contributed by atoms with van der Waals surface area (Å²) in [7, 11) is 0. The van der Waals surface area contributed by atoms with Crippen LogP contribution >= 0.6 is 11.8 Å². The minimum atomic E-state index is -0.501. The fraction of sp³-hybridized carbons (Fsp3) is 0.579. The summed E-state index contributed by atoms with van der Waals surface area (Å²) in [4.78, 5) is 27.4. The van der Waals surface area contributed by atoms with Gasteiger partial charge in [-0.3, -0.25) is 9.69 Å². The van der Waals surface area contributed by atoms with E-state index in [1.807, 2.05) is 11.8 Å². The fourth-order valence-corrected chi connectivity index (χ4v) is 4.34. The number of carbonyl (C=O) groups is 2. The molecule has 146 valence electrons. The molecule has 3 fully saturated rings. The summed E-state index contributed by atoms with van der Waals surface area (Å²) in [6, 6.07) is 4.92. The fourth-order valence-electron chi connectivity index (χ4n) is 3.45. The van der Waals surface area contributed by atoms with Gasteiger partial charge in [-0.25, -0.2) is 9.18 Å². The Balaban J connectivity index is 1.39. The molecule has 8 heteroatoms. The lowest BCUT2D eigenvalue weighted by Gasteiger charge is -2.24. The molecule has 1 N–H and O–H groups in total. The van der Waals surface area contributed by atoms with Crippen molar-refractivity contribution >= 4 is 35.1 Å². The Kier molecular flexibility index (Phi) is 5.43. The van der Waals surface area contributed by atoms with Crippen LogP contribution in [0, 0.1) is 11.7 Å². The number of ether oxygens (including phenoxy) is 1. The Morgan fingerprint density at radius 1 is 1.30 bits per heavy atom. The van der Waals surface area contributed by atoms with Crippen molar-refractivity contribution in [1.29, 1.82) is 0 Å². The quantitative estimate of drug-likeness (QED) is 0.833. The molecule has 4 rings (SSSR count). The van der Waals surface area contributed by atoms with E-state index in [1.54, 1.807) is 12.1 Å². The molecule has 2 heterocycles. The molecular formula is C19H24FN3O3S. The summed E-state index contributed by atoms with van der Waals surface area (Å²) in [5.74, 6) is 1.92. The minimum absolute atomic E-state index is 0.0236. The van der Waals surface area contributed by atoms with Gasteiger partial charge in [0.05, 0.1) is 24.5 Å². The summed E-state index contributed by atoms with van der Waals surface area (Å²) in [5, 5.41) is 2.82. The molecule has 1 aliphatic carbocycles. The topological polar surface area (TPSA) is 61.9 Å². The molecule has 0 radical (unpaired) electrons. The zero-order chi connectivity index (χ0) is 18.8. The van der Waals surface area contributed by atoms with E-state index < -0.39 is 12.2 Å². The maximum absolute atomic E-state index is 14.7. The van der Waals surface area contributed by atoms with Crippen molar-refractivity contribution in [3.8, 4) is 0 Å². The number of nitrogens with zero attached hydrogens (tertiary/aromatic N) is 2. The zero-order valence-corrected chi connectivity index (χ0v) is 16.0. The number of cyclic esters (lactones) is 1. The Hall–Kier alpha value is -1.96. The van der Waals surface area contributed by atoms with Gasteiger partial charge in [0.2, 0.25) is 5.91 Å². The van der Waals surface area contributed by atoms with Gasteiger partial charge in [0.15, 0.2) is 0 Å². The number of nitrogens with one attached hydrogen (secondary N) is 1. The molecule has 27 heavy (non-hydrogen) atoms. The van der Waals surface area contributed by atoms with Gasteiger partial charge in [-0.15, -0.1) is 0 Å². The molecule has 6 nitrogen and oxygen atoms in total. The number of amides is 2. The molecule has 1 atom stereocenters. The third-order valence-corrected chi connectivity index (χ3v) is 6.18. The van der Waals surface area contributed by atoms with Crippen molar-refractivity contribution in [3.05, 3.63) is 24.0 Å². The van der Waals surface area contributed by atoms with Crippen LogP contribution < -0.4 is 15.1 Å². The average molecular weight is 393 g/mol. The van der Waals surface area contributed by atoms with E-state index in [0.29, 0.717) is 24.5 Å². The second-order valence-electron chi connectivity index (χ2n) is 7.22. The molecule has 0 aromatic heterocycles. The summed E-state index contributed by atoms with van der Waals surface area (Å²) in [5.41, 5.74) is 1.07. The van der Waals surface area contributed by atoms with E-state index in [1.165, 1.54) is 11.0 Å². The lowest BCUT2D eigenvalue weighted by Crippen LogP contribution is -2.35. The number of halogens is 1. The van der Waals surface area contributed by atoms with Crippen LogP contribution in [0.5, 0.6) is 0 Å². The predicted molar refractivity (Wildman–Crippen MR) is 104 cm³/mol. The third kappa shape index (κ3) is 4.31. The van der Waals surface area contributed by atoms with Gasteiger partial charge in [-0.05, 0) is 43.2 Å². The van der Waals surface area contributed by atoms with E-state index >= 15 is 0 Å². The number of benzene rings is 1. The van der Waals surface area contributed by atoms with E-state index in [2.05, 4.69) is 10.2 Å². The maximum atomic E-state index is 14.7. The molecule has 2 saturated heterocycles. The van der Waals surface area contributed by atoms with Crippen LogP contribution in [0.3, 0.4) is 0 Å². The molecule has 0 bridgehead atoms. The first-order chi connectivity index (χ1) is 13.1. The second kappa shape index (κ2) is 7.96. The molecular weight excluding hydrogens is 369 g/mol. The van der Waals surface area contributed by atoms with Crippen LogP contribution in [0.2, 0.25) is 0 Å². The van der Waals surface area contributed by atoms with Gasteiger partial charge in [0.25, 0.3) is 0 Å². The van der Waals surface area contributed by atoms with Gasteiger partial charge in [0.1, 0.15) is 11.9 Å². The van der Waals surface area contributed by atoms with Crippen molar-refractivity contribution in [2.45, 2.75) is 25.4 Å². The molecule has 2 amide bonds. The Morgan fingerprint density at radius 3 is 2.93 bits per heavy atom. The molecule has 0 unspecified atom stereocenters. The van der Waals surface area contributed by atoms with Crippen molar-refractivity contribution in [2.24, 2.45) is 5.92 Å². The molecule has 1 saturated carbocycles. The van der Waals surface area contributed by atoms with Crippen LogP contribution in [-0.2, 0) is 9.53 Å². The molecule has 0 spiro atoms. The Labute approximate surface area is 162 Å². The largest absolute Gasteiger partial charge is 0.442 e. The Morgan fingerprint density at radius 2 is 2.15 bits per heavy atom. The van der Waals surface area contributed by atoms with Gasteiger partial charge in [-0.2, -0.15) is 11.8 Å². The van der Waals surface area contributed by atoms with Crippen molar-refractivity contribution in [1.82, 2.24) is 5.32 Å². The van der Waals surface area contributed by atoms with Crippen LogP contribution in [0.4, 0.5) is 20.6 Å². The Bertz CT molecular complexity index is 720. The van der Waals surface area contributed by atoms with Crippen molar-refractivity contribution in [2.75, 3.05) is 47.5 Å². The van der Waals surface area contributed by atoms with Crippen LogP contribution in [0.25, 0.3) is 0 Å². The lowest BCUT2D eigenvalue weighted by atomic mass is 10.2. The highest BCUT2D eigenvalue weighted by Gasteiger charge is 2.35. The normalized spacial score (nSPS) is 23.1. The monoisotopic (exact) mass is 393 g/mol. The highest BCUT2D eigenvalue weighted by molar-refractivity contribution is 7.99. The maximum Gasteiger partial charge on any atom is 0.414 e. The van der Waals surface area contributed by atoms with Gasteiger partial charge >= 0.3 is 6.09 Å². The summed E-state index contributed by atoms with van der Waals surface area (Å²) in [6.07, 6.45) is 2.00. The predicted octanol–water partition coefficient (Wildman–Crippen LogP) is 2.62. The highest BCUT2D eigenvalue weighted by atomic mass is 32.2. The van der Waals surface area contributed by atoms with Crippen molar-refractivity contribution < 1.29 is 18.7 Å².